The summed E-state index contributed by atoms with van der Waals surface area (Å²) in [4.78, 5) is 0. The topological polar surface area (TPSA) is 4.93 Å². The first-order valence-corrected chi connectivity index (χ1v) is 4.11. The van der Waals surface area contributed by atoms with Crippen LogP contribution in [0.25, 0.3) is 0 Å². The molecule has 0 spiro atoms. The van der Waals surface area contributed by atoms with E-state index in [0.29, 0.717) is 11.8 Å². The van der Waals surface area contributed by atoms with Crippen LogP contribution in [0.4, 0.5) is 0 Å². The van der Waals surface area contributed by atoms with Crippen molar-refractivity contribution in [2.45, 2.75) is 11.8 Å². The van der Waals surface area contributed by atoms with Gasteiger partial charge in [-0.15, -0.1) is 23.2 Å². The van der Waals surface area contributed by atoms with Crippen molar-refractivity contribution in [2.75, 3.05) is 0 Å². The number of aromatic nitrogens is 1. The van der Waals surface area contributed by atoms with Crippen LogP contribution in [0, 0.1) is 0 Å². The van der Waals surface area contributed by atoms with E-state index in [2.05, 4.69) is 0 Å². The minimum atomic E-state index is 0.533. The van der Waals surface area contributed by atoms with Gasteiger partial charge in [0.1, 0.15) is 0 Å². The van der Waals surface area contributed by atoms with Gasteiger partial charge in [-0.05, 0) is 11.6 Å². The highest BCUT2D eigenvalue weighted by atomic mass is 35.5. The van der Waals surface area contributed by atoms with Crippen LogP contribution in [0.15, 0.2) is 12.3 Å². The molecule has 0 amide bonds. The first-order valence-electron chi connectivity index (χ1n) is 3.04. The third kappa shape index (κ3) is 1.30. The van der Waals surface area contributed by atoms with Crippen LogP contribution in [-0.4, -0.2) is 4.57 Å². The molecule has 0 saturated heterocycles. The summed E-state index contributed by atoms with van der Waals surface area (Å²) in [6, 6.07) is 1.99. The van der Waals surface area contributed by atoms with Gasteiger partial charge in [0, 0.05) is 24.8 Å². The Kier molecular flexibility index (Phi) is 2.64. The number of hydrogen-bond donors (Lipinski definition) is 0. The van der Waals surface area contributed by atoms with E-state index in [1.54, 1.807) is 0 Å². The highest BCUT2D eigenvalue weighted by molar-refractivity contribution is 6.18. The quantitative estimate of drug-likeness (QED) is 0.613. The molecule has 0 aliphatic heterocycles. The Morgan fingerprint density at radius 3 is 2.50 bits per heavy atom. The zero-order valence-corrected chi connectivity index (χ0v) is 7.28. The fourth-order valence-electron chi connectivity index (χ4n) is 0.916. The van der Waals surface area contributed by atoms with Crippen LogP contribution in [0.2, 0.25) is 0 Å². The van der Waals surface area contributed by atoms with Gasteiger partial charge in [-0.1, -0.05) is 0 Å². The van der Waals surface area contributed by atoms with E-state index in [0.717, 1.165) is 11.3 Å². The first kappa shape index (κ1) is 7.96. The molecule has 0 aliphatic carbocycles. The van der Waals surface area contributed by atoms with Crippen LogP contribution >= 0.6 is 23.2 Å². The Hall–Kier alpha value is -0.140. The number of alkyl halides is 2. The van der Waals surface area contributed by atoms with E-state index in [1.807, 2.05) is 23.9 Å². The summed E-state index contributed by atoms with van der Waals surface area (Å²) in [6.45, 7) is 0. The van der Waals surface area contributed by atoms with Crippen molar-refractivity contribution in [3.63, 3.8) is 0 Å². The summed E-state index contributed by atoms with van der Waals surface area (Å²) in [7, 11) is 1.97. The Morgan fingerprint density at radius 2 is 2.10 bits per heavy atom. The lowest BCUT2D eigenvalue weighted by Gasteiger charge is -1.99. The van der Waals surface area contributed by atoms with Crippen molar-refractivity contribution in [1.29, 1.82) is 0 Å². The molecular formula is C7H9Cl2N. The lowest BCUT2D eigenvalue weighted by atomic mass is 10.3. The van der Waals surface area contributed by atoms with Crippen molar-refractivity contribution in [3.05, 3.63) is 23.5 Å². The summed E-state index contributed by atoms with van der Waals surface area (Å²) >= 11 is 11.3. The average molecular weight is 178 g/mol. The van der Waals surface area contributed by atoms with E-state index in [-0.39, 0.29) is 0 Å². The van der Waals surface area contributed by atoms with Gasteiger partial charge < -0.3 is 4.57 Å². The van der Waals surface area contributed by atoms with Crippen molar-refractivity contribution in [2.24, 2.45) is 7.05 Å². The molecule has 56 valence electrons. The van der Waals surface area contributed by atoms with Crippen LogP contribution in [0.1, 0.15) is 11.3 Å². The van der Waals surface area contributed by atoms with Gasteiger partial charge in [-0.25, -0.2) is 0 Å². The molecule has 0 radical (unpaired) electrons. The zero-order valence-electron chi connectivity index (χ0n) is 5.77. The second-order valence-corrected chi connectivity index (χ2v) is 2.70. The van der Waals surface area contributed by atoms with Crippen molar-refractivity contribution in [3.8, 4) is 0 Å². The van der Waals surface area contributed by atoms with Gasteiger partial charge in [0.05, 0.1) is 5.88 Å². The molecule has 0 atom stereocenters. The largest absolute Gasteiger partial charge is 0.353 e. The minimum Gasteiger partial charge on any atom is -0.353 e. The normalized spacial score (nSPS) is 10.3. The molecule has 1 aromatic heterocycles. The van der Waals surface area contributed by atoms with Gasteiger partial charge in [0.2, 0.25) is 0 Å². The molecule has 3 heteroatoms. The standard InChI is InChI=1S/C7H9Cl2N/c1-10-3-2-6(4-8)7(10)5-9/h2-3H,4-5H2,1H3. The molecule has 1 aromatic rings. The number of rotatable bonds is 2. The summed E-state index contributed by atoms with van der Waals surface area (Å²) in [5.74, 6) is 1.08. The zero-order chi connectivity index (χ0) is 7.56. The maximum atomic E-state index is 5.68. The van der Waals surface area contributed by atoms with Crippen LogP contribution < -0.4 is 0 Å². The molecule has 0 aromatic carbocycles. The van der Waals surface area contributed by atoms with Crippen molar-refractivity contribution in [1.82, 2.24) is 4.57 Å². The highest BCUT2D eigenvalue weighted by Crippen LogP contribution is 2.14. The molecule has 0 N–H and O–H groups in total. The Balaban J connectivity index is 3.01. The molecule has 0 unspecified atom stereocenters. The summed E-state index contributed by atoms with van der Waals surface area (Å²) in [5.41, 5.74) is 2.23. The van der Waals surface area contributed by atoms with E-state index in [1.165, 1.54) is 0 Å². The molecule has 1 nitrogen and oxygen atoms in total. The lowest BCUT2D eigenvalue weighted by Crippen LogP contribution is -1.93. The predicted octanol–water partition coefficient (Wildman–Crippen LogP) is 2.50. The molecule has 1 heterocycles. The van der Waals surface area contributed by atoms with E-state index in [4.69, 9.17) is 23.2 Å². The second kappa shape index (κ2) is 3.31. The number of aryl methyl sites for hydroxylation is 1. The Morgan fingerprint density at radius 1 is 1.40 bits per heavy atom. The molecule has 0 aliphatic rings. The fourth-order valence-corrected chi connectivity index (χ4v) is 1.52. The SMILES string of the molecule is Cn1ccc(CCl)c1CCl. The molecule has 0 saturated carbocycles. The molecule has 0 fully saturated rings. The second-order valence-electron chi connectivity index (χ2n) is 2.17. The summed E-state index contributed by atoms with van der Waals surface area (Å²) in [6.07, 6.45) is 1.97. The average Bonchev–Trinajstić information content (AvgIpc) is 2.30. The van der Waals surface area contributed by atoms with Crippen LogP contribution in [0.5, 0.6) is 0 Å². The first-order chi connectivity index (χ1) is 4.79. The monoisotopic (exact) mass is 177 g/mol. The number of nitrogens with zero attached hydrogens (tertiary/aromatic N) is 1. The third-order valence-corrected chi connectivity index (χ3v) is 2.11. The fraction of sp³-hybridized carbons (Fsp3) is 0.429. The molecular weight excluding hydrogens is 169 g/mol. The molecule has 10 heavy (non-hydrogen) atoms. The van der Waals surface area contributed by atoms with Crippen molar-refractivity contribution < 1.29 is 0 Å². The molecule has 0 bridgehead atoms. The van der Waals surface area contributed by atoms with Gasteiger partial charge in [0.15, 0.2) is 0 Å². The van der Waals surface area contributed by atoms with Gasteiger partial charge in [0.25, 0.3) is 0 Å². The summed E-state index contributed by atoms with van der Waals surface area (Å²) in [5, 5.41) is 0. The van der Waals surface area contributed by atoms with Crippen LogP contribution in [0.3, 0.4) is 0 Å². The lowest BCUT2D eigenvalue weighted by molar-refractivity contribution is 0.866. The molecule has 1 rings (SSSR count). The van der Waals surface area contributed by atoms with Gasteiger partial charge in [-0.2, -0.15) is 0 Å². The number of halogens is 2. The van der Waals surface area contributed by atoms with E-state index in [9.17, 15) is 0 Å². The maximum absolute atomic E-state index is 5.68. The van der Waals surface area contributed by atoms with E-state index < -0.39 is 0 Å². The Bertz CT molecular complexity index is 217. The third-order valence-electron chi connectivity index (χ3n) is 1.57. The predicted molar refractivity (Wildman–Crippen MR) is 44.5 cm³/mol. The van der Waals surface area contributed by atoms with Gasteiger partial charge >= 0.3 is 0 Å². The number of hydrogen-bond acceptors (Lipinski definition) is 0. The van der Waals surface area contributed by atoms with Gasteiger partial charge in [-0.3, -0.25) is 0 Å². The highest BCUT2D eigenvalue weighted by Gasteiger charge is 2.02. The summed E-state index contributed by atoms with van der Waals surface area (Å²) < 4.78 is 1.99. The Labute approximate surface area is 70.6 Å². The van der Waals surface area contributed by atoms with Crippen LogP contribution in [-0.2, 0) is 18.8 Å². The minimum absolute atomic E-state index is 0.533. The maximum Gasteiger partial charge on any atom is 0.0630 e. The smallest absolute Gasteiger partial charge is 0.0630 e. The van der Waals surface area contributed by atoms with E-state index >= 15 is 0 Å². The van der Waals surface area contributed by atoms with Crippen molar-refractivity contribution >= 4 is 23.2 Å².